The summed E-state index contributed by atoms with van der Waals surface area (Å²) >= 11 is 0. The first kappa shape index (κ1) is 15.1. The Morgan fingerprint density at radius 2 is 2.05 bits per heavy atom. The highest BCUT2D eigenvalue weighted by atomic mass is 19.1. The van der Waals surface area contributed by atoms with E-state index in [-0.39, 0.29) is 18.3 Å². The Bertz CT molecular complexity index is 470. The van der Waals surface area contributed by atoms with Gasteiger partial charge in [-0.05, 0) is 13.1 Å². The molecule has 0 heterocycles. The molecule has 0 saturated heterocycles. The van der Waals surface area contributed by atoms with E-state index in [4.69, 9.17) is 5.26 Å². The number of nitriles is 1. The van der Waals surface area contributed by atoms with E-state index in [1.807, 2.05) is 6.07 Å². The van der Waals surface area contributed by atoms with Crippen LogP contribution in [0.1, 0.15) is 12.0 Å². The fraction of sp³-hybridized carbons (Fsp3) is 0.429. The number of carbonyl (C=O) groups is 1. The molecule has 4 nitrogen and oxygen atoms in total. The van der Waals surface area contributed by atoms with Crippen LogP contribution in [0.5, 0.6) is 0 Å². The van der Waals surface area contributed by atoms with E-state index < -0.39 is 0 Å². The molecule has 0 aromatic heterocycles. The third-order valence-corrected chi connectivity index (χ3v) is 2.79. The molecule has 0 radical (unpaired) electrons. The van der Waals surface area contributed by atoms with E-state index >= 15 is 0 Å². The molecule has 1 aromatic carbocycles. The summed E-state index contributed by atoms with van der Waals surface area (Å²) in [5, 5.41) is 8.46. The van der Waals surface area contributed by atoms with Crippen molar-refractivity contribution in [3.8, 4) is 6.07 Å². The Balaban J connectivity index is 2.47. The molecule has 0 saturated carbocycles. The number of halogens is 1. The van der Waals surface area contributed by atoms with Gasteiger partial charge in [-0.3, -0.25) is 9.69 Å². The molecule has 0 unspecified atom stereocenters. The van der Waals surface area contributed by atoms with Crippen LogP contribution < -0.4 is 0 Å². The molecule has 0 aliphatic rings. The highest BCUT2D eigenvalue weighted by Gasteiger charge is 2.12. The standard InChI is InChI=1S/C14H18FN3O/c1-17(10-12-6-3-4-7-13(12)15)11-14(19)18(2)9-5-8-16/h3-4,6-7H,5,9-11H2,1-2H3. The van der Waals surface area contributed by atoms with Crippen molar-refractivity contribution < 1.29 is 9.18 Å². The number of benzene rings is 1. The number of likely N-dealkylation sites (N-methyl/N-ethyl adjacent to an activating group) is 2. The van der Waals surface area contributed by atoms with Crippen LogP contribution in [0.3, 0.4) is 0 Å². The van der Waals surface area contributed by atoms with E-state index in [1.54, 1.807) is 37.2 Å². The average Bonchev–Trinajstić information content (AvgIpc) is 2.38. The minimum absolute atomic E-state index is 0.0749. The van der Waals surface area contributed by atoms with E-state index in [0.717, 1.165) is 0 Å². The number of hydrogen-bond acceptors (Lipinski definition) is 3. The lowest BCUT2D eigenvalue weighted by Crippen LogP contribution is -2.36. The van der Waals surface area contributed by atoms with Gasteiger partial charge in [-0.15, -0.1) is 0 Å². The molecular formula is C14H18FN3O. The summed E-state index contributed by atoms with van der Waals surface area (Å²) < 4.78 is 13.5. The number of carbonyl (C=O) groups excluding carboxylic acids is 1. The van der Waals surface area contributed by atoms with Crippen LogP contribution in [-0.2, 0) is 11.3 Å². The van der Waals surface area contributed by atoms with Crippen molar-refractivity contribution in [3.63, 3.8) is 0 Å². The van der Waals surface area contributed by atoms with Crippen LogP contribution in [0.4, 0.5) is 4.39 Å². The second-order valence-electron chi connectivity index (χ2n) is 4.49. The third kappa shape index (κ3) is 5.06. The lowest BCUT2D eigenvalue weighted by Gasteiger charge is -2.21. The Hall–Kier alpha value is -1.93. The van der Waals surface area contributed by atoms with E-state index in [2.05, 4.69) is 0 Å². The summed E-state index contributed by atoms with van der Waals surface area (Å²) in [6, 6.07) is 8.52. The summed E-state index contributed by atoms with van der Waals surface area (Å²) in [5.74, 6) is -0.339. The predicted octanol–water partition coefficient (Wildman–Crippen LogP) is 1.63. The summed E-state index contributed by atoms with van der Waals surface area (Å²) in [6.45, 7) is 1.00. The number of hydrogen-bond donors (Lipinski definition) is 0. The molecule has 102 valence electrons. The Morgan fingerprint density at radius 1 is 1.37 bits per heavy atom. The first-order chi connectivity index (χ1) is 9.04. The molecule has 5 heteroatoms. The number of nitrogens with zero attached hydrogens (tertiary/aromatic N) is 3. The van der Waals surface area contributed by atoms with Gasteiger partial charge in [-0.2, -0.15) is 5.26 Å². The molecule has 1 amide bonds. The molecule has 1 aromatic rings. The van der Waals surface area contributed by atoms with Crippen molar-refractivity contribution in [1.82, 2.24) is 9.80 Å². The van der Waals surface area contributed by atoms with Crippen molar-refractivity contribution in [3.05, 3.63) is 35.6 Å². The summed E-state index contributed by atoms with van der Waals surface area (Å²) in [6.07, 6.45) is 0.319. The zero-order valence-corrected chi connectivity index (χ0v) is 11.3. The lowest BCUT2D eigenvalue weighted by atomic mass is 10.2. The highest BCUT2D eigenvalue weighted by Crippen LogP contribution is 2.08. The molecule has 0 aliphatic heterocycles. The number of amides is 1. The van der Waals surface area contributed by atoms with Crippen molar-refractivity contribution in [1.29, 1.82) is 5.26 Å². The molecule has 0 N–H and O–H groups in total. The molecule has 19 heavy (non-hydrogen) atoms. The monoisotopic (exact) mass is 263 g/mol. The van der Waals surface area contributed by atoms with E-state index in [0.29, 0.717) is 25.1 Å². The van der Waals surface area contributed by atoms with E-state index in [9.17, 15) is 9.18 Å². The predicted molar refractivity (Wildman–Crippen MR) is 70.6 cm³/mol. The van der Waals surface area contributed by atoms with Gasteiger partial charge >= 0.3 is 0 Å². The molecular weight excluding hydrogens is 245 g/mol. The molecule has 0 aliphatic carbocycles. The first-order valence-corrected chi connectivity index (χ1v) is 6.07. The van der Waals surface area contributed by atoms with Gasteiger partial charge < -0.3 is 4.90 Å². The van der Waals surface area contributed by atoms with Gasteiger partial charge in [-0.1, -0.05) is 18.2 Å². The Morgan fingerprint density at radius 3 is 2.68 bits per heavy atom. The SMILES string of the molecule is CN(CC(=O)N(C)CCC#N)Cc1ccccc1F. The third-order valence-electron chi connectivity index (χ3n) is 2.79. The summed E-state index contributed by atoms with van der Waals surface area (Å²) in [4.78, 5) is 15.1. The van der Waals surface area contributed by atoms with Crippen molar-refractivity contribution in [2.45, 2.75) is 13.0 Å². The fourth-order valence-electron chi connectivity index (χ4n) is 1.67. The van der Waals surface area contributed by atoms with Crippen LogP contribution in [-0.4, -0.2) is 42.9 Å². The van der Waals surface area contributed by atoms with Gasteiger partial charge in [0.25, 0.3) is 0 Å². The molecule has 0 fully saturated rings. The molecule has 0 atom stereocenters. The second-order valence-corrected chi connectivity index (χ2v) is 4.49. The van der Waals surface area contributed by atoms with Gasteiger partial charge in [0.15, 0.2) is 0 Å². The van der Waals surface area contributed by atoms with Crippen LogP contribution in [0.25, 0.3) is 0 Å². The maximum absolute atomic E-state index is 13.5. The lowest BCUT2D eigenvalue weighted by molar-refractivity contribution is -0.130. The highest BCUT2D eigenvalue weighted by molar-refractivity contribution is 5.77. The zero-order valence-electron chi connectivity index (χ0n) is 11.3. The smallest absolute Gasteiger partial charge is 0.236 e. The van der Waals surface area contributed by atoms with Gasteiger partial charge in [-0.25, -0.2) is 4.39 Å². The van der Waals surface area contributed by atoms with Crippen molar-refractivity contribution in [2.75, 3.05) is 27.2 Å². The van der Waals surface area contributed by atoms with Crippen LogP contribution in [0.15, 0.2) is 24.3 Å². The van der Waals surface area contributed by atoms with Crippen LogP contribution in [0.2, 0.25) is 0 Å². The van der Waals surface area contributed by atoms with E-state index in [1.165, 1.54) is 11.0 Å². The maximum Gasteiger partial charge on any atom is 0.236 e. The topological polar surface area (TPSA) is 47.3 Å². The maximum atomic E-state index is 13.5. The van der Waals surface area contributed by atoms with Crippen molar-refractivity contribution >= 4 is 5.91 Å². The fourth-order valence-corrected chi connectivity index (χ4v) is 1.67. The van der Waals surface area contributed by atoms with Gasteiger partial charge in [0.2, 0.25) is 5.91 Å². The van der Waals surface area contributed by atoms with Gasteiger partial charge in [0, 0.05) is 25.7 Å². The zero-order chi connectivity index (χ0) is 14.3. The second kappa shape index (κ2) is 7.49. The molecule has 0 bridgehead atoms. The molecule has 1 rings (SSSR count). The summed E-state index contributed by atoms with van der Waals surface area (Å²) in [7, 11) is 3.43. The van der Waals surface area contributed by atoms with Crippen molar-refractivity contribution in [2.24, 2.45) is 0 Å². The Kier molecular flexibility index (Phi) is 5.97. The normalized spacial score (nSPS) is 10.3. The van der Waals surface area contributed by atoms with Crippen LogP contribution in [0, 0.1) is 17.1 Å². The summed E-state index contributed by atoms with van der Waals surface area (Å²) in [5.41, 5.74) is 0.567. The van der Waals surface area contributed by atoms with Gasteiger partial charge in [0.1, 0.15) is 5.82 Å². The Labute approximate surface area is 113 Å². The minimum atomic E-state index is -0.264. The molecule has 0 spiro atoms. The quantitative estimate of drug-likeness (QED) is 0.783. The first-order valence-electron chi connectivity index (χ1n) is 6.07. The van der Waals surface area contributed by atoms with Gasteiger partial charge in [0.05, 0.1) is 19.0 Å². The largest absolute Gasteiger partial charge is 0.344 e. The minimum Gasteiger partial charge on any atom is -0.344 e. The number of rotatable bonds is 6. The van der Waals surface area contributed by atoms with Crippen LogP contribution >= 0.6 is 0 Å². The average molecular weight is 263 g/mol.